The first-order valence-electron chi connectivity index (χ1n) is 5.56. The zero-order chi connectivity index (χ0) is 13.7. The predicted molar refractivity (Wildman–Crippen MR) is 71.5 cm³/mol. The van der Waals surface area contributed by atoms with Crippen LogP contribution in [0.5, 0.6) is 11.5 Å². The van der Waals surface area contributed by atoms with Gasteiger partial charge in [-0.2, -0.15) is 8.78 Å². The van der Waals surface area contributed by atoms with E-state index in [0.717, 1.165) is 5.56 Å². The Bertz CT molecular complexity index is 532. The van der Waals surface area contributed by atoms with Crippen LogP contribution in [0.3, 0.4) is 0 Å². The van der Waals surface area contributed by atoms with Crippen molar-refractivity contribution < 1.29 is 18.3 Å². The Kier molecular flexibility index (Phi) is 4.74. The smallest absolute Gasteiger partial charge is 0.387 e. The van der Waals surface area contributed by atoms with Gasteiger partial charge in [0.25, 0.3) is 0 Å². The van der Waals surface area contributed by atoms with E-state index in [4.69, 9.17) is 4.74 Å². The van der Waals surface area contributed by atoms with E-state index in [9.17, 15) is 8.78 Å². The molecule has 0 spiro atoms. The number of rotatable bonds is 5. The summed E-state index contributed by atoms with van der Waals surface area (Å²) < 4.78 is 34.8. The first-order valence-corrected chi connectivity index (χ1v) is 6.35. The van der Waals surface area contributed by atoms with Gasteiger partial charge in [0.1, 0.15) is 18.1 Å². The maximum absolute atomic E-state index is 12.1. The molecule has 0 amide bonds. The summed E-state index contributed by atoms with van der Waals surface area (Å²) in [5.41, 5.74) is 0.995. The minimum Gasteiger partial charge on any atom is -0.488 e. The average molecular weight is 329 g/mol. The fraction of sp³-hybridized carbons (Fsp3) is 0.143. The lowest BCUT2D eigenvalue weighted by molar-refractivity contribution is -0.0499. The summed E-state index contributed by atoms with van der Waals surface area (Å²) in [6.45, 7) is -2.49. The molecule has 0 aliphatic carbocycles. The zero-order valence-corrected chi connectivity index (χ0v) is 11.4. The molecule has 19 heavy (non-hydrogen) atoms. The molecule has 100 valence electrons. The lowest BCUT2D eigenvalue weighted by Crippen LogP contribution is -2.02. The molecule has 5 heteroatoms. The van der Waals surface area contributed by atoms with E-state index < -0.39 is 6.61 Å². The fourth-order valence-corrected chi connectivity index (χ4v) is 1.87. The van der Waals surface area contributed by atoms with Gasteiger partial charge in [0.05, 0.1) is 4.47 Å². The quantitative estimate of drug-likeness (QED) is 0.796. The summed E-state index contributed by atoms with van der Waals surface area (Å²) in [5, 5.41) is 0. The summed E-state index contributed by atoms with van der Waals surface area (Å²) >= 11 is 3.30. The third kappa shape index (κ3) is 4.21. The number of benzene rings is 2. The van der Waals surface area contributed by atoms with Crippen molar-refractivity contribution in [2.75, 3.05) is 0 Å². The number of ether oxygens (including phenoxy) is 2. The van der Waals surface area contributed by atoms with Crippen molar-refractivity contribution in [3.63, 3.8) is 0 Å². The van der Waals surface area contributed by atoms with Gasteiger partial charge in [-0.25, -0.2) is 0 Å². The topological polar surface area (TPSA) is 18.5 Å². The van der Waals surface area contributed by atoms with Crippen LogP contribution in [-0.4, -0.2) is 6.61 Å². The number of halogens is 3. The normalized spacial score (nSPS) is 10.5. The third-order valence-electron chi connectivity index (χ3n) is 2.37. The molecule has 0 unspecified atom stereocenters. The Morgan fingerprint density at radius 3 is 2.47 bits per heavy atom. The average Bonchev–Trinajstić information content (AvgIpc) is 2.40. The van der Waals surface area contributed by atoms with Gasteiger partial charge >= 0.3 is 6.61 Å². The van der Waals surface area contributed by atoms with Crippen molar-refractivity contribution in [3.8, 4) is 11.5 Å². The molecule has 2 aromatic carbocycles. The fourth-order valence-electron chi connectivity index (χ4n) is 1.51. The van der Waals surface area contributed by atoms with Gasteiger partial charge in [-0.3, -0.25) is 0 Å². The van der Waals surface area contributed by atoms with Crippen molar-refractivity contribution in [1.82, 2.24) is 0 Å². The summed E-state index contributed by atoms with van der Waals surface area (Å²) in [4.78, 5) is 0. The molecule has 0 aromatic heterocycles. The number of alkyl halides is 2. The first kappa shape index (κ1) is 13.8. The van der Waals surface area contributed by atoms with Crippen molar-refractivity contribution in [2.45, 2.75) is 13.2 Å². The first-order chi connectivity index (χ1) is 9.15. The summed E-state index contributed by atoms with van der Waals surface area (Å²) in [6, 6.07) is 14.1. The Balaban J connectivity index is 2.06. The molecule has 2 nitrogen and oxygen atoms in total. The highest BCUT2D eigenvalue weighted by molar-refractivity contribution is 9.10. The maximum atomic E-state index is 12.1. The molecule has 0 bridgehead atoms. The van der Waals surface area contributed by atoms with Crippen LogP contribution in [-0.2, 0) is 6.61 Å². The van der Waals surface area contributed by atoms with Gasteiger partial charge in [-0.15, -0.1) is 0 Å². The van der Waals surface area contributed by atoms with E-state index in [2.05, 4.69) is 20.7 Å². The van der Waals surface area contributed by atoms with Gasteiger partial charge < -0.3 is 9.47 Å². The van der Waals surface area contributed by atoms with Crippen molar-refractivity contribution >= 4 is 15.9 Å². The molecule has 0 aliphatic heterocycles. The van der Waals surface area contributed by atoms with Crippen molar-refractivity contribution in [1.29, 1.82) is 0 Å². The Morgan fingerprint density at radius 1 is 1.05 bits per heavy atom. The number of hydrogen-bond donors (Lipinski definition) is 0. The molecule has 0 saturated carbocycles. The molecule has 0 radical (unpaired) electrons. The maximum Gasteiger partial charge on any atom is 0.387 e. The largest absolute Gasteiger partial charge is 0.488 e. The van der Waals surface area contributed by atoms with E-state index >= 15 is 0 Å². The lowest BCUT2D eigenvalue weighted by atomic mass is 10.2. The number of hydrogen-bond acceptors (Lipinski definition) is 2. The van der Waals surface area contributed by atoms with Gasteiger partial charge in [0.15, 0.2) is 0 Å². The van der Waals surface area contributed by atoms with Crippen LogP contribution in [0.4, 0.5) is 8.78 Å². The van der Waals surface area contributed by atoms with Crippen LogP contribution in [0.1, 0.15) is 5.56 Å². The Morgan fingerprint density at radius 2 is 1.79 bits per heavy atom. The summed E-state index contributed by atoms with van der Waals surface area (Å²) in [7, 11) is 0. The molecule has 2 aromatic rings. The Hall–Kier alpha value is -1.62. The van der Waals surface area contributed by atoms with Crippen LogP contribution >= 0.6 is 15.9 Å². The highest BCUT2D eigenvalue weighted by Gasteiger charge is 2.08. The van der Waals surface area contributed by atoms with Gasteiger partial charge in [0.2, 0.25) is 0 Å². The van der Waals surface area contributed by atoms with Crippen LogP contribution in [0.2, 0.25) is 0 Å². The molecule has 0 heterocycles. The molecule has 0 saturated heterocycles. The molecular weight excluding hydrogens is 318 g/mol. The third-order valence-corrected chi connectivity index (χ3v) is 3.02. The minimum atomic E-state index is -2.84. The molecule has 2 rings (SSSR count). The minimum absolute atomic E-state index is 0.0706. The molecule has 0 atom stereocenters. The molecule has 0 aliphatic rings. The van der Waals surface area contributed by atoms with Crippen LogP contribution in [0.25, 0.3) is 0 Å². The second-order valence-corrected chi connectivity index (χ2v) is 4.60. The van der Waals surface area contributed by atoms with E-state index in [1.807, 2.05) is 30.3 Å². The van der Waals surface area contributed by atoms with E-state index in [-0.39, 0.29) is 5.75 Å². The predicted octanol–water partition coefficient (Wildman–Crippen LogP) is 4.63. The highest BCUT2D eigenvalue weighted by atomic mass is 79.9. The standard InChI is InChI=1S/C14H11BrF2O2/c15-12-7-6-11(19-14(16)17)8-13(12)18-9-10-4-2-1-3-5-10/h1-8,14H,9H2. The second kappa shape index (κ2) is 6.52. The van der Waals surface area contributed by atoms with E-state index in [1.54, 1.807) is 6.07 Å². The van der Waals surface area contributed by atoms with Crippen molar-refractivity contribution in [2.24, 2.45) is 0 Å². The van der Waals surface area contributed by atoms with Crippen LogP contribution in [0.15, 0.2) is 53.0 Å². The summed E-state index contributed by atoms with van der Waals surface area (Å²) in [5.74, 6) is 0.531. The van der Waals surface area contributed by atoms with Gasteiger partial charge in [0, 0.05) is 6.07 Å². The summed E-state index contributed by atoms with van der Waals surface area (Å²) in [6.07, 6.45) is 0. The monoisotopic (exact) mass is 328 g/mol. The van der Waals surface area contributed by atoms with Gasteiger partial charge in [-0.05, 0) is 33.6 Å². The molecule has 0 fully saturated rings. The van der Waals surface area contributed by atoms with Crippen LogP contribution in [0, 0.1) is 0 Å². The SMILES string of the molecule is FC(F)Oc1ccc(Br)c(OCc2ccccc2)c1. The highest BCUT2D eigenvalue weighted by Crippen LogP contribution is 2.30. The zero-order valence-electron chi connectivity index (χ0n) is 9.85. The van der Waals surface area contributed by atoms with Crippen LogP contribution < -0.4 is 9.47 Å². The van der Waals surface area contributed by atoms with E-state index in [0.29, 0.717) is 16.8 Å². The van der Waals surface area contributed by atoms with Gasteiger partial charge in [-0.1, -0.05) is 30.3 Å². The second-order valence-electron chi connectivity index (χ2n) is 3.75. The lowest BCUT2D eigenvalue weighted by Gasteiger charge is -2.10. The van der Waals surface area contributed by atoms with E-state index in [1.165, 1.54) is 12.1 Å². The molecule has 0 N–H and O–H groups in total. The van der Waals surface area contributed by atoms with Crippen molar-refractivity contribution in [3.05, 3.63) is 58.6 Å². The molecular formula is C14H11BrF2O2. The Labute approximate surface area is 118 Å².